The molecule has 0 aromatic rings. The van der Waals surface area contributed by atoms with Gasteiger partial charge in [-0.05, 0) is 6.42 Å². The Balaban J connectivity index is 3.05. The van der Waals surface area contributed by atoms with Crippen LogP contribution in [0.3, 0.4) is 0 Å². The molecular weight excluding hydrogens is 198 g/mol. The normalized spacial score (nSPS) is 16.0. The second-order valence-corrected chi connectivity index (χ2v) is 2.96. The molecule has 0 unspecified atom stereocenters. The van der Waals surface area contributed by atoms with Gasteiger partial charge in [-0.25, -0.2) is 4.79 Å². The highest BCUT2D eigenvalue weighted by atomic mass is 16.5. The molecule has 0 N–H and O–H groups in total. The van der Waals surface area contributed by atoms with E-state index in [-0.39, 0.29) is 11.3 Å². The van der Waals surface area contributed by atoms with Crippen molar-refractivity contribution < 1.29 is 19.1 Å². The smallest absolute Gasteiger partial charge is 0.335 e. The molecule has 5 nitrogen and oxygen atoms in total. The summed E-state index contributed by atoms with van der Waals surface area (Å²) < 4.78 is 4.73. The van der Waals surface area contributed by atoms with E-state index >= 15 is 0 Å². The first-order valence-corrected chi connectivity index (χ1v) is 4.42. The lowest BCUT2D eigenvalue weighted by Crippen LogP contribution is -2.27. The van der Waals surface area contributed by atoms with Crippen LogP contribution in [0.5, 0.6) is 0 Å². The zero-order chi connectivity index (χ0) is 11.6. The fourth-order valence-electron chi connectivity index (χ4n) is 1.23. The van der Waals surface area contributed by atoms with Gasteiger partial charge in [-0.15, -0.1) is 0 Å². The minimum atomic E-state index is -0.743. The molecule has 1 aliphatic rings. The molecule has 5 heteroatoms. The van der Waals surface area contributed by atoms with E-state index in [0.29, 0.717) is 6.42 Å². The summed E-state index contributed by atoms with van der Waals surface area (Å²) >= 11 is 0. The lowest BCUT2D eigenvalue weighted by atomic mass is 10.2. The Kier molecular flexibility index (Phi) is 3.04. The third kappa shape index (κ3) is 1.81. The third-order valence-electron chi connectivity index (χ3n) is 2.06. The standard InChI is InChI=1S/C10H11NO4/c1-4-6-8(15-7(12)5-2)10(14)11(3)9(6)13/h5H,2,4H2,1,3H3. The molecule has 80 valence electrons. The summed E-state index contributed by atoms with van der Waals surface area (Å²) in [5.74, 6) is -1.94. The Morgan fingerprint density at radius 2 is 2.07 bits per heavy atom. The van der Waals surface area contributed by atoms with Gasteiger partial charge in [-0.1, -0.05) is 13.5 Å². The van der Waals surface area contributed by atoms with Crippen molar-refractivity contribution in [3.8, 4) is 0 Å². The highest BCUT2D eigenvalue weighted by Crippen LogP contribution is 2.22. The van der Waals surface area contributed by atoms with Gasteiger partial charge >= 0.3 is 5.97 Å². The lowest BCUT2D eigenvalue weighted by molar-refractivity contribution is -0.142. The van der Waals surface area contributed by atoms with E-state index in [2.05, 4.69) is 6.58 Å². The van der Waals surface area contributed by atoms with Gasteiger partial charge in [0.2, 0.25) is 5.76 Å². The van der Waals surface area contributed by atoms with Crippen molar-refractivity contribution in [2.45, 2.75) is 13.3 Å². The number of amides is 2. The average Bonchev–Trinajstić information content (AvgIpc) is 2.43. The van der Waals surface area contributed by atoms with Gasteiger partial charge in [-0.3, -0.25) is 14.5 Å². The third-order valence-corrected chi connectivity index (χ3v) is 2.06. The number of likely N-dealkylation sites (N-methyl/N-ethyl adjacent to an activating group) is 1. The van der Waals surface area contributed by atoms with Gasteiger partial charge in [0.15, 0.2) is 0 Å². The van der Waals surface area contributed by atoms with E-state index in [4.69, 9.17) is 4.74 Å². The Morgan fingerprint density at radius 1 is 1.47 bits per heavy atom. The molecule has 0 bridgehead atoms. The van der Waals surface area contributed by atoms with Crippen molar-refractivity contribution in [2.75, 3.05) is 7.05 Å². The van der Waals surface area contributed by atoms with Gasteiger partial charge in [0.25, 0.3) is 11.8 Å². The molecule has 2 amide bonds. The molecule has 0 saturated heterocycles. The van der Waals surface area contributed by atoms with E-state index in [0.717, 1.165) is 11.0 Å². The van der Waals surface area contributed by atoms with Crippen LogP contribution >= 0.6 is 0 Å². The maximum atomic E-state index is 11.5. The van der Waals surface area contributed by atoms with Crippen molar-refractivity contribution in [3.05, 3.63) is 24.0 Å². The van der Waals surface area contributed by atoms with Crippen molar-refractivity contribution in [2.24, 2.45) is 0 Å². The molecular formula is C10H11NO4. The van der Waals surface area contributed by atoms with E-state index in [9.17, 15) is 14.4 Å². The summed E-state index contributed by atoms with van der Waals surface area (Å²) in [5, 5.41) is 0. The number of nitrogens with zero attached hydrogens (tertiary/aromatic N) is 1. The molecule has 1 aliphatic heterocycles. The van der Waals surface area contributed by atoms with Crippen LogP contribution in [0.4, 0.5) is 0 Å². The van der Waals surface area contributed by atoms with Gasteiger partial charge in [-0.2, -0.15) is 0 Å². The average molecular weight is 209 g/mol. The van der Waals surface area contributed by atoms with Crippen molar-refractivity contribution >= 4 is 17.8 Å². The predicted molar refractivity (Wildman–Crippen MR) is 51.4 cm³/mol. The van der Waals surface area contributed by atoms with E-state index in [1.807, 2.05) is 0 Å². The number of hydrogen-bond donors (Lipinski definition) is 0. The first-order chi connectivity index (χ1) is 7.02. The molecule has 0 saturated carbocycles. The Hall–Kier alpha value is -1.91. The number of ether oxygens (including phenoxy) is 1. The minimum absolute atomic E-state index is 0.185. The maximum Gasteiger partial charge on any atom is 0.335 e. The van der Waals surface area contributed by atoms with Crippen LogP contribution < -0.4 is 0 Å². The number of rotatable bonds is 3. The number of carbonyl (C=O) groups is 3. The number of imide groups is 1. The fourth-order valence-corrected chi connectivity index (χ4v) is 1.23. The molecule has 0 fully saturated rings. The van der Waals surface area contributed by atoms with E-state index in [1.54, 1.807) is 6.92 Å². The predicted octanol–water partition coefficient (Wildman–Crippen LogP) is 0.378. The largest absolute Gasteiger partial charge is 0.417 e. The lowest BCUT2D eigenvalue weighted by Gasteiger charge is -2.05. The highest BCUT2D eigenvalue weighted by Gasteiger charge is 2.37. The van der Waals surface area contributed by atoms with Crippen LogP contribution in [-0.2, 0) is 19.1 Å². The molecule has 1 heterocycles. The van der Waals surface area contributed by atoms with Gasteiger partial charge in [0, 0.05) is 13.1 Å². The zero-order valence-corrected chi connectivity index (χ0v) is 8.57. The van der Waals surface area contributed by atoms with Crippen molar-refractivity contribution in [3.63, 3.8) is 0 Å². The Labute approximate surface area is 87.0 Å². The topological polar surface area (TPSA) is 63.7 Å². The number of esters is 1. The summed E-state index contributed by atoms with van der Waals surface area (Å²) in [6.45, 7) is 4.92. The summed E-state index contributed by atoms with van der Waals surface area (Å²) in [4.78, 5) is 34.8. The second kappa shape index (κ2) is 4.08. The summed E-state index contributed by atoms with van der Waals surface area (Å²) in [6.07, 6.45) is 1.28. The van der Waals surface area contributed by atoms with Crippen LogP contribution in [0.1, 0.15) is 13.3 Å². The Bertz CT molecular complexity index is 381. The van der Waals surface area contributed by atoms with Crippen LogP contribution in [0.2, 0.25) is 0 Å². The van der Waals surface area contributed by atoms with Crippen molar-refractivity contribution in [1.29, 1.82) is 0 Å². The molecule has 0 atom stereocenters. The molecule has 15 heavy (non-hydrogen) atoms. The molecule has 0 radical (unpaired) electrons. The monoisotopic (exact) mass is 209 g/mol. The second-order valence-electron chi connectivity index (χ2n) is 2.96. The van der Waals surface area contributed by atoms with Gasteiger partial charge in [0.1, 0.15) is 0 Å². The van der Waals surface area contributed by atoms with Crippen molar-refractivity contribution in [1.82, 2.24) is 4.90 Å². The van der Waals surface area contributed by atoms with Crippen LogP contribution in [0, 0.1) is 0 Å². The zero-order valence-electron chi connectivity index (χ0n) is 8.57. The maximum absolute atomic E-state index is 11.5. The first-order valence-electron chi connectivity index (χ1n) is 4.42. The molecule has 1 rings (SSSR count). The van der Waals surface area contributed by atoms with E-state index < -0.39 is 17.8 Å². The van der Waals surface area contributed by atoms with Crippen LogP contribution in [0.15, 0.2) is 24.0 Å². The fraction of sp³-hybridized carbons (Fsp3) is 0.300. The first kappa shape index (κ1) is 11.2. The van der Waals surface area contributed by atoms with Crippen LogP contribution in [0.25, 0.3) is 0 Å². The molecule has 0 aliphatic carbocycles. The highest BCUT2D eigenvalue weighted by molar-refractivity contribution is 6.18. The minimum Gasteiger partial charge on any atom is -0.417 e. The summed E-state index contributed by atoms with van der Waals surface area (Å²) in [7, 11) is 1.34. The molecule has 0 spiro atoms. The van der Waals surface area contributed by atoms with Gasteiger partial charge in [0.05, 0.1) is 5.57 Å². The van der Waals surface area contributed by atoms with Gasteiger partial charge < -0.3 is 4.74 Å². The number of hydrogen-bond acceptors (Lipinski definition) is 4. The summed E-state index contributed by atoms with van der Waals surface area (Å²) in [5.41, 5.74) is 0.220. The SMILES string of the molecule is C=CC(=O)OC1=C(CC)C(=O)N(C)C1=O. The molecule has 0 aromatic heterocycles. The van der Waals surface area contributed by atoms with E-state index in [1.165, 1.54) is 7.05 Å². The number of carbonyl (C=O) groups excluding carboxylic acids is 3. The Morgan fingerprint density at radius 3 is 2.53 bits per heavy atom. The van der Waals surface area contributed by atoms with Crippen LogP contribution in [-0.4, -0.2) is 29.7 Å². The quantitative estimate of drug-likeness (QED) is 0.383. The summed E-state index contributed by atoms with van der Waals surface area (Å²) in [6, 6.07) is 0. The molecule has 0 aromatic carbocycles.